The molecule has 1 saturated carbocycles. The van der Waals surface area contributed by atoms with Gasteiger partial charge in [-0.15, -0.1) is 0 Å². The lowest BCUT2D eigenvalue weighted by Gasteiger charge is -2.20. The molecule has 1 heterocycles. The number of nitrogens with two attached hydrogens (primary N) is 1. The zero-order chi connectivity index (χ0) is 15.4. The van der Waals surface area contributed by atoms with Gasteiger partial charge in [-0.1, -0.05) is 32.9 Å². The molecular formula is C18H25N3. The van der Waals surface area contributed by atoms with Gasteiger partial charge in [-0.25, -0.2) is 4.98 Å². The van der Waals surface area contributed by atoms with Gasteiger partial charge < -0.3 is 10.3 Å². The van der Waals surface area contributed by atoms with Crippen LogP contribution in [0.2, 0.25) is 0 Å². The van der Waals surface area contributed by atoms with Crippen molar-refractivity contribution in [2.24, 2.45) is 0 Å². The molecule has 0 aliphatic heterocycles. The van der Waals surface area contributed by atoms with Crippen LogP contribution in [-0.4, -0.2) is 9.55 Å². The molecule has 1 aromatic carbocycles. The summed E-state index contributed by atoms with van der Waals surface area (Å²) in [6.07, 6.45) is 2.44. The van der Waals surface area contributed by atoms with Crippen LogP contribution in [0.15, 0.2) is 18.2 Å². The number of rotatable bonds is 2. The van der Waals surface area contributed by atoms with Crippen molar-refractivity contribution in [3.8, 4) is 11.3 Å². The summed E-state index contributed by atoms with van der Waals surface area (Å²) in [5.41, 5.74) is 11.1. The summed E-state index contributed by atoms with van der Waals surface area (Å²) in [5.74, 6) is 1.93. The number of aryl methyl sites for hydroxylation is 2. The van der Waals surface area contributed by atoms with Crippen molar-refractivity contribution in [1.82, 2.24) is 9.55 Å². The predicted octanol–water partition coefficient (Wildman–Crippen LogP) is 4.38. The van der Waals surface area contributed by atoms with Gasteiger partial charge in [-0.3, -0.25) is 0 Å². The van der Waals surface area contributed by atoms with Gasteiger partial charge in [0.15, 0.2) is 0 Å². The van der Waals surface area contributed by atoms with E-state index in [0.717, 1.165) is 22.9 Å². The van der Waals surface area contributed by atoms with Crippen LogP contribution in [0, 0.1) is 13.8 Å². The molecule has 112 valence electrons. The number of imidazole rings is 1. The van der Waals surface area contributed by atoms with Crippen LogP contribution in [0.1, 0.15) is 56.6 Å². The summed E-state index contributed by atoms with van der Waals surface area (Å²) in [6.45, 7) is 10.9. The molecule has 2 aromatic rings. The molecule has 0 saturated heterocycles. The second-order valence-corrected chi connectivity index (χ2v) is 7.32. The highest BCUT2D eigenvalue weighted by atomic mass is 15.2. The minimum Gasteiger partial charge on any atom is -0.383 e. The van der Waals surface area contributed by atoms with Crippen molar-refractivity contribution in [2.75, 3.05) is 5.73 Å². The first kappa shape index (κ1) is 14.2. The smallest absolute Gasteiger partial charge is 0.132 e. The SMILES string of the molecule is Cc1ccc(-c2nc(C(C)(C)C)n(C3CC3)c2N)cc1C. The molecule has 2 N–H and O–H groups in total. The molecule has 0 amide bonds. The van der Waals surface area contributed by atoms with Crippen LogP contribution >= 0.6 is 0 Å². The van der Waals surface area contributed by atoms with E-state index in [9.17, 15) is 0 Å². The third-order valence-corrected chi connectivity index (χ3v) is 4.31. The molecule has 1 aliphatic rings. The molecule has 0 unspecified atom stereocenters. The number of aromatic nitrogens is 2. The molecule has 3 rings (SSSR count). The Morgan fingerprint density at radius 3 is 2.33 bits per heavy atom. The van der Waals surface area contributed by atoms with E-state index < -0.39 is 0 Å². The molecule has 1 aliphatic carbocycles. The second-order valence-electron chi connectivity index (χ2n) is 7.32. The topological polar surface area (TPSA) is 43.8 Å². The first-order valence-electron chi connectivity index (χ1n) is 7.75. The fraction of sp³-hybridized carbons (Fsp3) is 0.500. The Balaban J connectivity index is 2.17. The second kappa shape index (κ2) is 4.62. The Bertz CT molecular complexity index is 685. The molecule has 3 nitrogen and oxygen atoms in total. The molecule has 0 radical (unpaired) electrons. The molecule has 21 heavy (non-hydrogen) atoms. The van der Waals surface area contributed by atoms with Gasteiger partial charge in [0, 0.05) is 17.0 Å². The molecule has 1 fully saturated rings. The Hall–Kier alpha value is -1.77. The van der Waals surface area contributed by atoms with E-state index in [2.05, 4.69) is 57.4 Å². The molecular weight excluding hydrogens is 258 g/mol. The normalized spacial score (nSPS) is 15.5. The average molecular weight is 283 g/mol. The van der Waals surface area contributed by atoms with Crippen LogP contribution in [0.25, 0.3) is 11.3 Å². The first-order valence-corrected chi connectivity index (χ1v) is 7.75. The number of hydrogen-bond donors (Lipinski definition) is 1. The van der Waals surface area contributed by atoms with Crippen molar-refractivity contribution in [2.45, 2.75) is 58.9 Å². The highest BCUT2D eigenvalue weighted by Crippen LogP contribution is 2.43. The summed E-state index contributed by atoms with van der Waals surface area (Å²) < 4.78 is 2.27. The van der Waals surface area contributed by atoms with Crippen LogP contribution in [0.3, 0.4) is 0 Å². The van der Waals surface area contributed by atoms with Gasteiger partial charge in [0.05, 0.1) is 0 Å². The number of benzene rings is 1. The lowest BCUT2D eigenvalue weighted by Crippen LogP contribution is -2.19. The van der Waals surface area contributed by atoms with E-state index >= 15 is 0 Å². The molecule has 0 atom stereocenters. The number of anilines is 1. The van der Waals surface area contributed by atoms with Crippen molar-refractivity contribution >= 4 is 5.82 Å². The Kier molecular flexibility index (Phi) is 3.12. The third-order valence-electron chi connectivity index (χ3n) is 4.31. The van der Waals surface area contributed by atoms with Crippen LogP contribution < -0.4 is 5.73 Å². The fourth-order valence-corrected chi connectivity index (χ4v) is 2.78. The highest BCUT2D eigenvalue weighted by Gasteiger charge is 2.34. The van der Waals surface area contributed by atoms with E-state index in [1.54, 1.807) is 0 Å². The van der Waals surface area contributed by atoms with Gasteiger partial charge in [0.1, 0.15) is 17.3 Å². The maximum absolute atomic E-state index is 6.46. The molecule has 1 aromatic heterocycles. The average Bonchev–Trinajstić information content (AvgIpc) is 3.15. The number of nitrogens with zero attached hydrogens (tertiary/aromatic N) is 2. The molecule has 0 spiro atoms. The zero-order valence-electron chi connectivity index (χ0n) is 13.7. The lowest BCUT2D eigenvalue weighted by molar-refractivity contribution is 0.504. The van der Waals surface area contributed by atoms with Crippen LogP contribution in [0.4, 0.5) is 5.82 Å². The predicted molar refractivity (Wildman–Crippen MR) is 88.5 cm³/mol. The van der Waals surface area contributed by atoms with Gasteiger partial charge in [-0.05, 0) is 43.9 Å². The summed E-state index contributed by atoms with van der Waals surface area (Å²) in [4.78, 5) is 4.92. The maximum atomic E-state index is 6.46. The van der Waals surface area contributed by atoms with E-state index in [4.69, 9.17) is 10.7 Å². The van der Waals surface area contributed by atoms with Gasteiger partial charge >= 0.3 is 0 Å². The van der Waals surface area contributed by atoms with Crippen LogP contribution in [-0.2, 0) is 5.41 Å². The Morgan fingerprint density at radius 2 is 1.81 bits per heavy atom. The van der Waals surface area contributed by atoms with Crippen molar-refractivity contribution < 1.29 is 0 Å². The van der Waals surface area contributed by atoms with Crippen LogP contribution in [0.5, 0.6) is 0 Å². The minimum atomic E-state index is 0.00863. The third kappa shape index (κ3) is 2.45. The van der Waals surface area contributed by atoms with E-state index in [1.807, 2.05) is 0 Å². The van der Waals surface area contributed by atoms with Gasteiger partial charge in [0.2, 0.25) is 0 Å². The Labute approximate surface area is 127 Å². The maximum Gasteiger partial charge on any atom is 0.132 e. The van der Waals surface area contributed by atoms with Gasteiger partial charge in [0.25, 0.3) is 0 Å². The van der Waals surface area contributed by atoms with E-state index in [0.29, 0.717) is 6.04 Å². The van der Waals surface area contributed by atoms with Crippen molar-refractivity contribution in [3.63, 3.8) is 0 Å². The summed E-state index contributed by atoms with van der Waals surface area (Å²) in [5, 5.41) is 0. The summed E-state index contributed by atoms with van der Waals surface area (Å²) >= 11 is 0. The minimum absolute atomic E-state index is 0.00863. The highest BCUT2D eigenvalue weighted by molar-refractivity contribution is 5.72. The monoisotopic (exact) mass is 283 g/mol. The fourth-order valence-electron chi connectivity index (χ4n) is 2.78. The van der Waals surface area contributed by atoms with E-state index in [-0.39, 0.29) is 5.41 Å². The molecule has 0 bridgehead atoms. The first-order chi connectivity index (χ1) is 9.79. The lowest BCUT2D eigenvalue weighted by atomic mass is 9.95. The Morgan fingerprint density at radius 1 is 1.14 bits per heavy atom. The van der Waals surface area contributed by atoms with Crippen molar-refractivity contribution in [3.05, 3.63) is 35.2 Å². The quantitative estimate of drug-likeness (QED) is 0.888. The van der Waals surface area contributed by atoms with E-state index in [1.165, 1.54) is 24.0 Å². The van der Waals surface area contributed by atoms with Crippen molar-refractivity contribution in [1.29, 1.82) is 0 Å². The molecule has 3 heteroatoms. The zero-order valence-corrected chi connectivity index (χ0v) is 13.7. The standard InChI is InChI=1S/C18H25N3/c1-11-6-7-13(10-12(11)2)15-16(19)21(14-8-9-14)17(20-15)18(3,4)5/h6-7,10,14H,8-9,19H2,1-5H3. The number of nitrogen functional groups attached to an aromatic ring is 1. The summed E-state index contributed by atoms with van der Waals surface area (Å²) in [6, 6.07) is 7.02. The van der Waals surface area contributed by atoms with Gasteiger partial charge in [-0.2, -0.15) is 0 Å². The summed E-state index contributed by atoms with van der Waals surface area (Å²) in [7, 11) is 0. The number of hydrogen-bond acceptors (Lipinski definition) is 2. The largest absolute Gasteiger partial charge is 0.383 e.